The summed E-state index contributed by atoms with van der Waals surface area (Å²) >= 11 is 0. The normalized spacial score (nSPS) is 10.8. The molecule has 0 bridgehead atoms. The fourth-order valence-electron chi connectivity index (χ4n) is 2.22. The number of para-hydroxylation sites is 1. The first-order valence-corrected chi connectivity index (χ1v) is 7.00. The zero-order valence-electron chi connectivity index (χ0n) is 12.0. The molecule has 0 unspecified atom stereocenters. The number of hydrogen-bond donors (Lipinski definition) is 1. The summed E-state index contributed by atoms with van der Waals surface area (Å²) < 4.78 is 1.31. The highest BCUT2D eigenvalue weighted by Crippen LogP contribution is 2.05. The topological polar surface area (TPSA) is 75.4 Å². The van der Waals surface area contributed by atoms with Gasteiger partial charge < -0.3 is 10.0 Å². The average Bonchev–Trinajstić information content (AvgIpc) is 2.50. The van der Waals surface area contributed by atoms with Gasteiger partial charge in [-0.3, -0.25) is 14.2 Å². The molecule has 6 nitrogen and oxygen atoms in total. The first-order chi connectivity index (χ1) is 10.2. The molecular formula is C15H19N3O3. The lowest BCUT2D eigenvalue weighted by molar-refractivity contribution is -0.132. The number of carbonyl (C=O) groups is 1. The monoisotopic (exact) mass is 289 g/mol. The van der Waals surface area contributed by atoms with Gasteiger partial charge in [-0.2, -0.15) is 0 Å². The third-order valence-electron chi connectivity index (χ3n) is 3.25. The van der Waals surface area contributed by atoms with E-state index in [1.807, 2.05) is 13.0 Å². The van der Waals surface area contributed by atoms with Crippen molar-refractivity contribution in [3.8, 4) is 0 Å². The molecule has 1 aromatic heterocycles. The first-order valence-electron chi connectivity index (χ1n) is 7.00. The molecule has 2 aromatic rings. The van der Waals surface area contributed by atoms with E-state index in [-0.39, 0.29) is 31.2 Å². The number of rotatable bonds is 6. The molecule has 6 heteroatoms. The van der Waals surface area contributed by atoms with E-state index < -0.39 is 0 Å². The maximum Gasteiger partial charge on any atom is 0.261 e. The standard InChI is InChI=1S/C15H19N3O3/c1-2-7-17(8-9-19)14(20)10-18-11-16-13-6-4-3-5-12(13)15(18)21/h3-6,11,19H,2,7-10H2,1H3. The Balaban J connectivity index is 2.24. The van der Waals surface area contributed by atoms with Crippen LogP contribution in [0, 0.1) is 0 Å². The zero-order valence-corrected chi connectivity index (χ0v) is 12.0. The molecule has 0 fully saturated rings. The van der Waals surface area contributed by atoms with E-state index >= 15 is 0 Å². The lowest BCUT2D eigenvalue weighted by Gasteiger charge is -2.21. The molecule has 1 heterocycles. The highest BCUT2D eigenvalue weighted by molar-refractivity contribution is 5.78. The van der Waals surface area contributed by atoms with Crippen LogP contribution >= 0.6 is 0 Å². The SMILES string of the molecule is CCCN(CCO)C(=O)Cn1cnc2ccccc2c1=O. The summed E-state index contributed by atoms with van der Waals surface area (Å²) in [5.74, 6) is -0.190. The lowest BCUT2D eigenvalue weighted by Crippen LogP contribution is -2.38. The summed E-state index contributed by atoms with van der Waals surface area (Å²) in [4.78, 5) is 30.3. The minimum absolute atomic E-state index is 0.0589. The molecule has 1 N–H and O–H groups in total. The Morgan fingerprint density at radius 2 is 2.10 bits per heavy atom. The predicted octanol–water partition coefficient (Wildman–Crippen LogP) is 0.627. The zero-order chi connectivity index (χ0) is 15.2. The first kappa shape index (κ1) is 15.2. The Morgan fingerprint density at radius 1 is 1.33 bits per heavy atom. The van der Waals surface area contributed by atoms with E-state index in [4.69, 9.17) is 5.11 Å². The molecule has 0 saturated carbocycles. The summed E-state index contributed by atoms with van der Waals surface area (Å²) in [5, 5.41) is 9.50. The second kappa shape index (κ2) is 6.99. The van der Waals surface area contributed by atoms with Crippen molar-refractivity contribution in [3.63, 3.8) is 0 Å². The fourth-order valence-corrected chi connectivity index (χ4v) is 2.22. The van der Waals surface area contributed by atoms with Crippen LogP contribution in [0.25, 0.3) is 10.9 Å². The van der Waals surface area contributed by atoms with Crippen LogP contribution in [0.15, 0.2) is 35.4 Å². The predicted molar refractivity (Wildman–Crippen MR) is 80.0 cm³/mol. The van der Waals surface area contributed by atoms with Gasteiger partial charge in [0.05, 0.1) is 23.8 Å². The van der Waals surface area contributed by atoms with Crippen LogP contribution in [-0.4, -0.2) is 45.2 Å². The van der Waals surface area contributed by atoms with Crippen LogP contribution in [0.3, 0.4) is 0 Å². The molecule has 0 radical (unpaired) electrons. The highest BCUT2D eigenvalue weighted by Gasteiger charge is 2.14. The van der Waals surface area contributed by atoms with Gasteiger partial charge in [0.25, 0.3) is 5.56 Å². The molecule has 0 aliphatic heterocycles. The van der Waals surface area contributed by atoms with Gasteiger partial charge in [0.2, 0.25) is 5.91 Å². The van der Waals surface area contributed by atoms with Gasteiger partial charge >= 0.3 is 0 Å². The summed E-state index contributed by atoms with van der Waals surface area (Å²) in [5.41, 5.74) is 0.390. The van der Waals surface area contributed by atoms with Crippen LogP contribution in [0.5, 0.6) is 0 Å². The van der Waals surface area contributed by atoms with E-state index in [0.717, 1.165) is 6.42 Å². The van der Waals surface area contributed by atoms with Crippen molar-refractivity contribution in [2.45, 2.75) is 19.9 Å². The lowest BCUT2D eigenvalue weighted by atomic mass is 10.2. The molecule has 0 aliphatic carbocycles. The molecule has 21 heavy (non-hydrogen) atoms. The summed E-state index contributed by atoms with van der Waals surface area (Å²) in [7, 11) is 0. The highest BCUT2D eigenvalue weighted by atomic mass is 16.3. The molecule has 2 rings (SSSR count). The quantitative estimate of drug-likeness (QED) is 0.846. The molecular weight excluding hydrogens is 270 g/mol. The van der Waals surface area contributed by atoms with Crippen LogP contribution in [0.4, 0.5) is 0 Å². The van der Waals surface area contributed by atoms with Gasteiger partial charge in [0.15, 0.2) is 0 Å². The van der Waals surface area contributed by atoms with Crippen LogP contribution < -0.4 is 5.56 Å². The molecule has 0 saturated heterocycles. The van der Waals surface area contributed by atoms with E-state index in [1.165, 1.54) is 10.9 Å². The number of aliphatic hydroxyl groups excluding tert-OH is 1. The third kappa shape index (κ3) is 3.46. The van der Waals surface area contributed by atoms with E-state index in [0.29, 0.717) is 17.4 Å². The molecule has 0 aliphatic rings. The van der Waals surface area contributed by atoms with Crippen LogP contribution in [0.2, 0.25) is 0 Å². The van der Waals surface area contributed by atoms with Crippen LogP contribution in [0.1, 0.15) is 13.3 Å². The number of amides is 1. The van der Waals surface area contributed by atoms with Crippen LogP contribution in [-0.2, 0) is 11.3 Å². The Kier molecular flexibility index (Phi) is 5.05. The summed E-state index contributed by atoms with van der Waals surface area (Å²) in [6, 6.07) is 7.04. The van der Waals surface area contributed by atoms with Crippen molar-refractivity contribution in [1.82, 2.24) is 14.5 Å². The van der Waals surface area contributed by atoms with Crippen molar-refractivity contribution < 1.29 is 9.90 Å². The van der Waals surface area contributed by atoms with Gasteiger partial charge in [0, 0.05) is 13.1 Å². The van der Waals surface area contributed by atoms with Crippen molar-refractivity contribution in [2.24, 2.45) is 0 Å². The number of hydrogen-bond acceptors (Lipinski definition) is 4. The largest absolute Gasteiger partial charge is 0.395 e. The van der Waals surface area contributed by atoms with Gasteiger partial charge in [-0.25, -0.2) is 4.98 Å². The maximum absolute atomic E-state index is 12.3. The van der Waals surface area contributed by atoms with Gasteiger partial charge in [-0.1, -0.05) is 19.1 Å². The number of aliphatic hydroxyl groups is 1. The van der Waals surface area contributed by atoms with Crippen molar-refractivity contribution in [1.29, 1.82) is 0 Å². The Labute approximate surface area is 122 Å². The van der Waals surface area contributed by atoms with E-state index in [2.05, 4.69) is 4.98 Å². The Morgan fingerprint density at radius 3 is 2.81 bits per heavy atom. The second-order valence-electron chi connectivity index (χ2n) is 4.80. The molecule has 0 spiro atoms. The molecule has 1 amide bonds. The smallest absolute Gasteiger partial charge is 0.261 e. The number of nitrogens with zero attached hydrogens (tertiary/aromatic N) is 3. The minimum atomic E-state index is -0.227. The molecule has 112 valence electrons. The number of fused-ring (bicyclic) bond motifs is 1. The average molecular weight is 289 g/mol. The Hall–Kier alpha value is -2.21. The maximum atomic E-state index is 12.3. The third-order valence-corrected chi connectivity index (χ3v) is 3.25. The molecule has 1 aromatic carbocycles. The molecule has 0 atom stereocenters. The number of aromatic nitrogens is 2. The number of carbonyl (C=O) groups excluding carboxylic acids is 1. The second-order valence-corrected chi connectivity index (χ2v) is 4.80. The van der Waals surface area contributed by atoms with E-state index in [1.54, 1.807) is 23.1 Å². The minimum Gasteiger partial charge on any atom is -0.395 e. The number of benzene rings is 1. The fraction of sp³-hybridized carbons (Fsp3) is 0.400. The van der Waals surface area contributed by atoms with Crippen molar-refractivity contribution >= 4 is 16.8 Å². The Bertz CT molecular complexity index is 675. The van der Waals surface area contributed by atoms with Crippen molar-refractivity contribution in [2.75, 3.05) is 19.7 Å². The summed E-state index contributed by atoms with van der Waals surface area (Å²) in [6.07, 6.45) is 2.20. The summed E-state index contributed by atoms with van der Waals surface area (Å²) in [6.45, 7) is 2.66. The van der Waals surface area contributed by atoms with Gasteiger partial charge in [-0.15, -0.1) is 0 Å². The van der Waals surface area contributed by atoms with Gasteiger partial charge in [0.1, 0.15) is 6.54 Å². The van der Waals surface area contributed by atoms with Crippen molar-refractivity contribution in [3.05, 3.63) is 40.9 Å². The van der Waals surface area contributed by atoms with Gasteiger partial charge in [-0.05, 0) is 18.6 Å². The van der Waals surface area contributed by atoms with E-state index in [9.17, 15) is 9.59 Å².